The number of aromatic nitrogens is 2. The van der Waals surface area contributed by atoms with Gasteiger partial charge in [0.25, 0.3) is 0 Å². The van der Waals surface area contributed by atoms with Gasteiger partial charge >= 0.3 is 0 Å². The fourth-order valence-corrected chi connectivity index (χ4v) is 2.65. The summed E-state index contributed by atoms with van der Waals surface area (Å²) < 4.78 is 6.31. The molecule has 1 aliphatic carbocycles. The zero-order valence-electron chi connectivity index (χ0n) is 9.93. The van der Waals surface area contributed by atoms with Gasteiger partial charge in [-0.25, -0.2) is 0 Å². The zero-order valence-corrected chi connectivity index (χ0v) is 11.5. The van der Waals surface area contributed by atoms with Crippen molar-refractivity contribution in [2.45, 2.75) is 31.8 Å². The maximum atomic E-state index is 9.28. The van der Waals surface area contributed by atoms with E-state index in [1.54, 1.807) is 0 Å². The first-order valence-electron chi connectivity index (χ1n) is 5.91. The molecule has 0 saturated heterocycles. The molecular formula is C13H13BrN2O2. The van der Waals surface area contributed by atoms with Crippen molar-refractivity contribution in [2.75, 3.05) is 0 Å². The topological polar surface area (TPSA) is 59.2 Å². The van der Waals surface area contributed by atoms with E-state index >= 15 is 0 Å². The standard InChI is InChI=1S/C13H13BrN2O2/c1-7-4-9(14)2-3-11(7)12-15-13(18-16-12)8-5-10(17)6-8/h2-4,8,10,17H,5-6H2,1H3. The van der Waals surface area contributed by atoms with Gasteiger partial charge in [0, 0.05) is 16.0 Å². The van der Waals surface area contributed by atoms with Crippen LogP contribution in [0, 0.1) is 6.92 Å². The predicted octanol–water partition coefficient (Wildman–Crippen LogP) is 3.05. The molecule has 0 radical (unpaired) electrons. The van der Waals surface area contributed by atoms with Crippen LogP contribution in [-0.2, 0) is 0 Å². The molecule has 1 aromatic carbocycles. The normalized spacial score (nSPS) is 22.8. The number of nitrogens with zero attached hydrogens (tertiary/aromatic N) is 2. The molecule has 18 heavy (non-hydrogen) atoms. The van der Waals surface area contributed by atoms with Gasteiger partial charge in [0.1, 0.15) is 0 Å². The predicted molar refractivity (Wildman–Crippen MR) is 70.2 cm³/mol. The van der Waals surface area contributed by atoms with Crippen LogP contribution < -0.4 is 0 Å². The van der Waals surface area contributed by atoms with Gasteiger partial charge in [-0.1, -0.05) is 21.1 Å². The van der Waals surface area contributed by atoms with Gasteiger partial charge in [-0.2, -0.15) is 4.98 Å². The molecule has 0 unspecified atom stereocenters. The van der Waals surface area contributed by atoms with Crippen molar-refractivity contribution in [1.29, 1.82) is 0 Å². The first-order valence-corrected chi connectivity index (χ1v) is 6.71. The molecule has 1 aromatic heterocycles. The van der Waals surface area contributed by atoms with E-state index in [1.165, 1.54) is 0 Å². The van der Waals surface area contributed by atoms with Crippen LogP contribution in [0.25, 0.3) is 11.4 Å². The van der Waals surface area contributed by atoms with Crippen LogP contribution in [0.3, 0.4) is 0 Å². The van der Waals surface area contributed by atoms with Crippen molar-refractivity contribution in [1.82, 2.24) is 10.1 Å². The minimum Gasteiger partial charge on any atom is -0.393 e. The lowest BCUT2D eigenvalue weighted by molar-refractivity contribution is 0.0625. The van der Waals surface area contributed by atoms with Gasteiger partial charge in [-0.3, -0.25) is 0 Å². The summed E-state index contributed by atoms with van der Waals surface area (Å²) in [7, 11) is 0. The number of hydrogen-bond donors (Lipinski definition) is 1. The molecule has 1 fully saturated rings. The van der Waals surface area contributed by atoms with Gasteiger partial charge in [-0.05, 0) is 43.5 Å². The van der Waals surface area contributed by atoms with Crippen LogP contribution in [-0.4, -0.2) is 21.4 Å². The summed E-state index contributed by atoms with van der Waals surface area (Å²) in [5.41, 5.74) is 2.08. The Labute approximate surface area is 113 Å². The van der Waals surface area contributed by atoms with Crippen LogP contribution in [0.4, 0.5) is 0 Å². The Morgan fingerprint density at radius 2 is 2.17 bits per heavy atom. The molecule has 1 N–H and O–H groups in total. The fourth-order valence-electron chi connectivity index (χ4n) is 2.18. The quantitative estimate of drug-likeness (QED) is 0.926. The summed E-state index contributed by atoms with van der Waals surface area (Å²) in [6.07, 6.45) is 1.24. The highest BCUT2D eigenvalue weighted by molar-refractivity contribution is 9.10. The maximum Gasteiger partial charge on any atom is 0.230 e. The van der Waals surface area contributed by atoms with E-state index in [9.17, 15) is 5.11 Å². The summed E-state index contributed by atoms with van der Waals surface area (Å²) in [6, 6.07) is 5.97. The van der Waals surface area contributed by atoms with Gasteiger partial charge in [-0.15, -0.1) is 0 Å². The molecule has 2 aromatic rings. The summed E-state index contributed by atoms with van der Waals surface area (Å²) in [6.45, 7) is 2.02. The minimum atomic E-state index is -0.209. The SMILES string of the molecule is Cc1cc(Br)ccc1-c1noc(C2CC(O)C2)n1. The van der Waals surface area contributed by atoms with E-state index in [2.05, 4.69) is 26.1 Å². The number of aryl methyl sites for hydroxylation is 1. The third-order valence-electron chi connectivity index (χ3n) is 3.33. The molecule has 0 atom stereocenters. The second-order valence-corrected chi connectivity index (χ2v) is 5.65. The van der Waals surface area contributed by atoms with E-state index in [4.69, 9.17) is 4.52 Å². The van der Waals surface area contributed by atoms with Crippen molar-refractivity contribution in [2.24, 2.45) is 0 Å². The molecule has 0 bridgehead atoms. The van der Waals surface area contributed by atoms with Crippen LogP contribution in [0.5, 0.6) is 0 Å². The smallest absolute Gasteiger partial charge is 0.230 e. The van der Waals surface area contributed by atoms with Crippen LogP contribution >= 0.6 is 15.9 Å². The lowest BCUT2D eigenvalue weighted by atomic mass is 9.82. The average Bonchev–Trinajstić information content (AvgIpc) is 2.73. The van der Waals surface area contributed by atoms with E-state index in [1.807, 2.05) is 25.1 Å². The number of benzene rings is 1. The highest BCUT2D eigenvalue weighted by Gasteiger charge is 2.33. The Balaban J connectivity index is 1.88. The molecule has 4 nitrogen and oxygen atoms in total. The van der Waals surface area contributed by atoms with E-state index < -0.39 is 0 Å². The molecule has 1 heterocycles. The van der Waals surface area contributed by atoms with Gasteiger partial charge in [0.2, 0.25) is 11.7 Å². The summed E-state index contributed by atoms with van der Waals surface area (Å²) in [5, 5.41) is 13.3. The summed E-state index contributed by atoms with van der Waals surface area (Å²) >= 11 is 3.43. The minimum absolute atomic E-state index is 0.209. The lowest BCUT2D eigenvalue weighted by Gasteiger charge is -2.27. The molecule has 0 aliphatic heterocycles. The molecular weight excluding hydrogens is 296 g/mol. The zero-order chi connectivity index (χ0) is 12.7. The maximum absolute atomic E-state index is 9.28. The van der Waals surface area contributed by atoms with E-state index in [0.717, 1.165) is 28.4 Å². The van der Waals surface area contributed by atoms with Gasteiger partial charge in [0.15, 0.2) is 0 Å². The number of aliphatic hydroxyl groups is 1. The number of halogens is 1. The van der Waals surface area contributed by atoms with Crippen molar-refractivity contribution >= 4 is 15.9 Å². The first kappa shape index (κ1) is 11.9. The molecule has 94 valence electrons. The van der Waals surface area contributed by atoms with Gasteiger partial charge < -0.3 is 9.63 Å². The first-order chi connectivity index (χ1) is 8.63. The Morgan fingerprint density at radius 3 is 2.83 bits per heavy atom. The number of hydrogen-bond acceptors (Lipinski definition) is 4. The number of aliphatic hydroxyl groups excluding tert-OH is 1. The number of rotatable bonds is 2. The largest absolute Gasteiger partial charge is 0.393 e. The van der Waals surface area contributed by atoms with Crippen LogP contribution in [0.1, 0.15) is 30.2 Å². The molecule has 1 saturated carbocycles. The summed E-state index contributed by atoms with van der Waals surface area (Å²) in [4.78, 5) is 4.42. The van der Waals surface area contributed by atoms with E-state index in [0.29, 0.717) is 11.7 Å². The highest BCUT2D eigenvalue weighted by Crippen LogP contribution is 2.36. The van der Waals surface area contributed by atoms with Crippen molar-refractivity contribution in [3.05, 3.63) is 34.1 Å². The Hall–Kier alpha value is -1.20. The lowest BCUT2D eigenvalue weighted by Crippen LogP contribution is -2.26. The molecule has 5 heteroatoms. The third kappa shape index (κ3) is 2.08. The molecule has 3 rings (SSSR count). The second kappa shape index (κ2) is 4.48. The highest BCUT2D eigenvalue weighted by atomic mass is 79.9. The summed E-state index contributed by atoms with van der Waals surface area (Å²) in [5.74, 6) is 1.48. The van der Waals surface area contributed by atoms with Crippen LogP contribution in [0.15, 0.2) is 27.2 Å². The van der Waals surface area contributed by atoms with E-state index in [-0.39, 0.29) is 12.0 Å². The second-order valence-electron chi connectivity index (χ2n) is 4.74. The van der Waals surface area contributed by atoms with Gasteiger partial charge in [0.05, 0.1) is 6.10 Å². The van der Waals surface area contributed by atoms with Crippen molar-refractivity contribution < 1.29 is 9.63 Å². The Kier molecular flexibility index (Phi) is 2.95. The molecule has 0 spiro atoms. The Bertz CT molecular complexity index is 576. The Morgan fingerprint density at radius 1 is 1.39 bits per heavy atom. The monoisotopic (exact) mass is 308 g/mol. The third-order valence-corrected chi connectivity index (χ3v) is 3.83. The molecule has 1 aliphatic rings. The molecule has 0 amide bonds. The average molecular weight is 309 g/mol. The van der Waals surface area contributed by atoms with Crippen LogP contribution in [0.2, 0.25) is 0 Å². The van der Waals surface area contributed by atoms with Crippen molar-refractivity contribution in [3.63, 3.8) is 0 Å². The fraction of sp³-hybridized carbons (Fsp3) is 0.385. The van der Waals surface area contributed by atoms with Crippen molar-refractivity contribution in [3.8, 4) is 11.4 Å².